The van der Waals surface area contributed by atoms with Crippen LogP contribution < -0.4 is 10.1 Å². The van der Waals surface area contributed by atoms with E-state index in [9.17, 15) is 5.26 Å². The molecule has 2 aromatic heterocycles. The van der Waals surface area contributed by atoms with Crippen LogP contribution in [0.4, 0.5) is 11.6 Å². The lowest BCUT2D eigenvalue weighted by molar-refractivity contribution is 0.268. The molecule has 0 spiro atoms. The molecule has 3 aromatic rings. The zero-order valence-corrected chi connectivity index (χ0v) is 14.3. The van der Waals surface area contributed by atoms with Crippen molar-refractivity contribution < 1.29 is 4.74 Å². The number of pyridine rings is 1. The molecule has 7 heteroatoms. The zero-order valence-electron chi connectivity index (χ0n) is 14.3. The van der Waals surface area contributed by atoms with E-state index in [2.05, 4.69) is 26.4 Å². The quantitative estimate of drug-likeness (QED) is 0.668. The number of ether oxygens (including phenoxy) is 1. The predicted octanol–water partition coefficient (Wildman–Crippen LogP) is 2.68. The fourth-order valence-electron chi connectivity index (χ4n) is 2.41. The largest absolute Gasteiger partial charge is 0.478 e. The van der Waals surface area contributed by atoms with Gasteiger partial charge in [-0.2, -0.15) is 14.8 Å². The van der Waals surface area contributed by atoms with Crippen LogP contribution in [0.25, 0.3) is 5.65 Å². The highest BCUT2D eigenvalue weighted by atomic mass is 16.5. The van der Waals surface area contributed by atoms with Crippen molar-refractivity contribution >= 4 is 17.3 Å². The second kappa shape index (κ2) is 7.64. The molecule has 1 aromatic carbocycles. The van der Waals surface area contributed by atoms with E-state index in [1.165, 1.54) is 0 Å². The van der Waals surface area contributed by atoms with Gasteiger partial charge in [0.25, 0.3) is 0 Å². The number of hydrogen-bond donors (Lipinski definition) is 1. The molecular weight excluding hydrogens is 316 g/mol. The lowest BCUT2D eigenvalue weighted by Crippen LogP contribution is -2.16. The number of benzene rings is 1. The topological polar surface area (TPSA) is 78.5 Å². The maximum atomic E-state index is 9.18. The van der Waals surface area contributed by atoms with Gasteiger partial charge < -0.3 is 15.0 Å². The zero-order chi connectivity index (χ0) is 17.6. The first-order valence-corrected chi connectivity index (χ1v) is 8.07. The third-order valence-corrected chi connectivity index (χ3v) is 3.62. The highest BCUT2D eigenvalue weighted by molar-refractivity contribution is 5.63. The fourth-order valence-corrected chi connectivity index (χ4v) is 2.41. The van der Waals surface area contributed by atoms with Crippen molar-refractivity contribution in [1.82, 2.24) is 19.5 Å². The van der Waals surface area contributed by atoms with E-state index in [0.717, 1.165) is 13.0 Å². The van der Waals surface area contributed by atoms with Crippen LogP contribution in [0.15, 0.2) is 42.5 Å². The Morgan fingerprint density at radius 3 is 2.84 bits per heavy atom. The second-order valence-electron chi connectivity index (χ2n) is 5.86. The molecule has 3 rings (SSSR count). The van der Waals surface area contributed by atoms with Crippen LogP contribution in [-0.4, -0.2) is 46.7 Å². The number of nitrogens with zero attached hydrogens (tertiary/aromatic N) is 5. The summed E-state index contributed by atoms with van der Waals surface area (Å²) < 4.78 is 7.49. The molecule has 0 fully saturated rings. The van der Waals surface area contributed by atoms with Crippen molar-refractivity contribution in [2.24, 2.45) is 0 Å². The fraction of sp³-hybridized carbons (Fsp3) is 0.278. The van der Waals surface area contributed by atoms with Crippen molar-refractivity contribution in [3.05, 3.63) is 48.0 Å². The Labute approximate surface area is 146 Å². The third kappa shape index (κ3) is 4.05. The summed E-state index contributed by atoms with van der Waals surface area (Å²) in [6, 6.07) is 15.0. The molecule has 0 aliphatic rings. The Balaban J connectivity index is 1.78. The Bertz CT molecular complexity index is 896. The summed E-state index contributed by atoms with van der Waals surface area (Å²) >= 11 is 0. The highest BCUT2D eigenvalue weighted by Gasteiger charge is 2.10. The lowest BCUT2D eigenvalue weighted by atomic mass is 10.2. The summed E-state index contributed by atoms with van der Waals surface area (Å²) in [6.45, 7) is 1.57. The van der Waals surface area contributed by atoms with Gasteiger partial charge in [0.15, 0.2) is 5.65 Å². The first kappa shape index (κ1) is 16.7. The highest BCUT2D eigenvalue weighted by Crippen LogP contribution is 2.20. The summed E-state index contributed by atoms with van der Waals surface area (Å²) in [7, 11) is 4.07. The van der Waals surface area contributed by atoms with E-state index in [4.69, 9.17) is 4.74 Å². The number of para-hydroxylation sites is 1. The lowest BCUT2D eigenvalue weighted by Gasteiger charge is -2.10. The second-order valence-corrected chi connectivity index (χ2v) is 5.86. The van der Waals surface area contributed by atoms with Crippen LogP contribution in [-0.2, 0) is 0 Å². The van der Waals surface area contributed by atoms with Gasteiger partial charge in [-0.15, -0.1) is 5.10 Å². The molecule has 0 bridgehead atoms. The molecule has 128 valence electrons. The average Bonchev–Trinajstić information content (AvgIpc) is 3.02. The maximum Gasteiger partial charge on any atom is 0.247 e. The number of hydrogen-bond acceptors (Lipinski definition) is 6. The van der Waals surface area contributed by atoms with Crippen molar-refractivity contribution in [3.63, 3.8) is 0 Å². The number of aromatic nitrogens is 3. The molecule has 0 atom stereocenters. The molecule has 0 aliphatic carbocycles. The molecule has 0 radical (unpaired) electrons. The molecule has 7 nitrogen and oxygen atoms in total. The van der Waals surface area contributed by atoms with Gasteiger partial charge in [0, 0.05) is 12.6 Å². The Morgan fingerprint density at radius 2 is 2.04 bits per heavy atom. The molecular formula is C18H20N6O. The number of fused-ring (bicyclic) bond motifs is 1. The number of nitriles is 1. The van der Waals surface area contributed by atoms with Crippen LogP contribution in [0.2, 0.25) is 0 Å². The SMILES string of the molecule is CN(C)CCCOc1cccc2nc(Nc3ccccc3C#N)nn12. The van der Waals surface area contributed by atoms with E-state index in [-0.39, 0.29) is 0 Å². The summed E-state index contributed by atoms with van der Waals surface area (Å²) in [5, 5.41) is 16.7. The smallest absolute Gasteiger partial charge is 0.247 e. The maximum absolute atomic E-state index is 9.18. The van der Waals surface area contributed by atoms with E-state index < -0.39 is 0 Å². The molecule has 0 saturated carbocycles. The minimum atomic E-state index is 0.423. The van der Waals surface area contributed by atoms with Crippen LogP contribution in [0.3, 0.4) is 0 Å². The average molecular weight is 336 g/mol. The van der Waals surface area contributed by atoms with Gasteiger partial charge in [-0.05, 0) is 38.7 Å². The normalized spacial score (nSPS) is 10.8. The first-order valence-electron chi connectivity index (χ1n) is 8.07. The van der Waals surface area contributed by atoms with Gasteiger partial charge in [0.1, 0.15) is 6.07 Å². The molecule has 0 aliphatic heterocycles. The van der Waals surface area contributed by atoms with Gasteiger partial charge in [-0.3, -0.25) is 0 Å². The van der Waals surface area contributed by atoms with Crippen molar-refractivity contribution in [2.45, 2.75) is 6.42 Å². The van der Waals surface area contributed by atoms with Gasteiger partial charge in [0.2, 0.25) is 11.8 Å². The molecule has 0 saturated heterocycles. The van der Waals surface area contributed by atoms with Gasteiger partial charge in [0.05, 0.1) is 17.9 Å². The standard InChI is InChI=1S/C18H20N6O/c1-23(2)11-6-12-25-17-10-5-9-16-21-18(22-24(16)17)20-15-8-4-3-7-14(15)13-19/h3-5,7-10H,6,11-12H2,1-2H3,(H,20,22). The van der Waals surface area contributed by atoms with Gasteiger partial charge in [-0.25, -0.2) is 0 Å². The first-order chi connectivity index (χ1) is 12.2. The van der Waals surface area contributed by atoms with Crippen LogP contribution in [0, 0.1) is 11.3 Å². The molecule has 0 amide bonds. The third-order valence-electron chi connectivity index (χ3n) is 3.62. The molecule has 2 heterocycles. The van der Waals surface area contributed by atoms with E-state index in [0.29, 0.717) is 35.3 Å². The summed E-state index contributed by atoms with van der Waals surface area (Å²) in [5.74, 6) is 1.07. The Kier molecular flexibility index (Phi) is 5.11. The molecule has 1 N–H and O–H groups in total. The van der Waals surface area contributed by atoms with Crippen LogP contribution in [0.5, 0.6) is 5.88 Å². The van der Waals surface area contributed by atoms with E-state index in [1.54, 1.807) is 10.6 Å². The number of nitrogens with one attached hydrogen (secondary N) is 1. The van der Waals surface area contributed by atoms with Crippen molar-refractivity contribution in [2.75, 3.05) is 32.6 Å². The number of anilines is 2. The van der Waals surface area contributed by atoms with Crippen molar-refractivity contribution in [1.29, 1.82) is 5.26 Å². The minimum Gasteiger partial charge on any atom is -0.478 e. The van der Waals surface area contributed by atoms with Gasteiger partial charge >= 0.3 is 0 Å². The van der Waals surface area contributed by atoms with Crippen LogP contribution in [0.1, 0.15) is 12.0 Å². The van der Waals surface area contributed by atoms with E-state index >= 15 is 0 Å². The molecule has 25 heavy (non-hydrogen) atoms. The summed E-state index contributed by atoms with van der Waals surface area (Å²) in [6.07, 6.45) is 0.929. The number of rotatable bonds is 7. The summed E-state index contributed by atoms with van der Waals surface area (Å²) in [5.41, 5.74) is 1.90. The predicted molar refractivity (Wildman–Crippen MR) is 96.1 cm³/mol. The van der Waals surface area contributed by atoms with Crippen LogP contribution >= 0.6 is 0 Å². The summed E-state index contributed by atoms with van der Waals surface area (Å²) in [4.78, 5) is 6.56. The Hall–Kier alpha value is -3.11. The Morgan fingerprint density at radius 1 is 1.20 bits per heavy atom. The molecule has 0 unspecified atom stereocenters. The minimum absolute atomic E-state index is 0.423. The van der Waals surface area contributed by atoms with E-state index in [1.807, 2.05) is 50.5 Å². The monoisotopic (exact) mass is 336 g/mol. The van der Waals surface area contributed by atoms with Gasteiger partial charge in [-0.1, -0.05) is 18.2 Å². The van der Waals surface area contributed by atoms with Crippen molar-refractivity contribution in [3.8, 4) is 11.9 Å².